The molecule has 1 aliphatic rings. The number of amides is 1. The first kappa shape index (κ1) is 14.4. The zero-order chi connectivity index (χ0) is 15.7. The van der Waals surface area contributed by atoms with Crippen molar-refractivity contribution in [2.75, 3.05) is 0 Å². The summed E-state index contributed by atoms with van der Waals surface area (Å²) in [6.07, 6.45) is 3.90. The maximum atomic E-state index is 12.4. The summed E-state index contributed by atoms with van der Waals surface area (Å²) in [6.45, 7) is 1.86. The number of hydrogen-bond donors (Lipinski definition) is 1. The van der Waals surface area contributed by atoms with Crippen molar-refractivity contribution < 1.29 is 9.59 Å². The van der Waals surface area contributed by atoms with E-state index < -0.39 is 0 Å². The van der Waals surface area contributed by atoms with Crippen molar-refractivity contribution in [3.05, 3.63) is 47.0 Å². The second-order valence-electron chi connectivity index (χ2n) is 5.64. The van der Waals surface area contributed by atoms with E-state index in [4.69, 9.17) is 0 Å². The van der Waals surface area contributed by atoms with E-state index in [1.165, 1.54) is 0 Å². The van der Waals surface area contributed by atoms with Crippen molar-refractivity contribution in [3.63, 3.8) is 0 Å². The molecule has 0 saturated heterocycles. The number of aromatic nitrogens is 3. The molecule has 1 N–H and O–H groups in total. The van der Waals surface area contributed by atoms with Crippen LogP contribution in [0.3, 0.4) is 0 Å². The van der Waals surface area contributed by atoms with Gasteiger partial charge in [0, 0.05) is 24.6 Å². The Hall–Kier alpha value is -2.50. The van der Waals surface area contributed by atoms with Crippen LogP contribution in [0, 0.1) is 0 Å². The fourth-order valence-electron chi connectivity index (χ4n) is 2.82. The van der Waals surface area contributed by atoms with E-state index in [9.17, 15) is 9.59 Å². The van der Waals surface area contributed by atoms with Crippen LogP contribution in [-0.4, -0.2) is 26.5 Å². The third kappa shape index (κ3) is 2.64. The molecular formula is C16H18N4O2. The maximum Gasteiger partial charge on any atom is 0.251 e. The first-order valence-electron chi connectivity index (χ1n) is 7.37. The summed E-state index contributed by atoms with van der Waals surface area (Å²) in [6, 6.07) is 5.06. The van der Waals surface area contributed by atoms with E-state index in [1.807, 2.05) is 20.0 Å². The largest absolute Gasteiger partial charge is 0.342 e. The number of Topliss-reactive ketones (excluding diaryl/α,β-unsaturated/α-hetero) is 1. The molecule has 1 amide bonds. The number of nitrogens with zero attached hydrogens (tertiary/aromatic N) is 3. The number of carbonyl (C=O) groups is 2. The number of rotatable bonds is 3. The molecule has 1 aliphatic carbocycles. The van der Waals surface area contributed by atoms with E-state index in [-0.39, 0.29) is 17.7 Å². The summed E-state index contributed by atoms with van der Waals surface area (Å²) in [5.74, 6) is 0.693. The van der Waals surface area contributed by atoms with Crippen LogP contribution < -0.4 is 5.32 Å². The molecule has 1 aromatic carbocycles. The number of fused-ring (bicyclic) bond motifs is 1. The van der Waals surface area contributed by atoms with Gasteiger partial charge in [0.1, 0.15) is 6.33 Å². The number of hydrogen-bond acceptors (Lipinski definition) is 4. The number of carbonyl (C=O) groups excluding carboxylic acids is 2. The molecule has 0 radical (unpaired) electrons. The van der Waals surface area contributed by atoms with Crippen molar-refractivity contribution in [3.8, 4) is 0 Å². The third-order valence-corrected chi connectivity index (χ3v) is 4.00. The van der Waals surface area contributed by atoms with Crippen LogP contribution in [-0.2, 0) is 13.5 Å². The first-order chi connectivity index (χ1) is 10.6. The highest BCUT2D eigenvalue weighted by atomic mass is 16.1. The average Bonchev–Trinajstić information content (AvgIpc) is 2.93. The van der Waals surface area contributed by atoms with Gasteiger partial charge in [-0.05, 0) is 37.5 Å². The lowest BCUT2D eigenvalue weighted by Crippen LogP contribution is -2.28. The zero-order valence-corrected chi connectivity index (χ0v) is 12.7. The van der Waals surface area contributed by atoms with Crippen LogP contribution in [0.4, 0.5) is 0 Å². The maximum absolute atomic E-state index is 12.4. The van der Waals surface area contributed by atoms with Crippen molar-refractivity contribution in [1.29, 1.82) is 0 Å². The first-order valence-corrected chi connectivity index (χ1v) is 7.37. The Morgan fingerprint density at radius 2 is 2.18 bits per heavy atom. The Labute approximate surface area is 128 Å². The topological polar surface area (TPSA) is 76.9 Å². The van der Waals surface area contributed by atoms with Gasteiger partial charge in [-0.1, -0.05) is 6.07 Å². The molecule has 3 rings (SSSR count). The summed E-state index contributed by atoms with van der Waals surface area (Å²) in [7, 11) is 1.84. The minimum Gasteiger partial charge on any atom is -0.342 e. The monoisotopic (exact) mass is 298 g/mol. The van der Waals surface area contributed by atoms with E-state index in [2.05, 4.69) is 15.5 Å². The predicted molar refractivity (Wildman–Crippen MR) is 80.6 cm³/mol. The Bertz CT molecular complexity index is 735. The smallest absolute Gasteiger partial charge is 0.251 e. The molecule has 6 heteroatoms. The quantitative estimate of drug-likeness (QED) is 0.937. The van der Waals surface area contributed by atoms with Gasteiger partial charge in [0.05, 0.1) is 6.04 Å². The molecule has 0 spiro atoms. The highest BCUT2D eigenvalue weighted by molar-refractivity contribution is 6.01. The number of benzene rings is 1. The Morgan fingerprint density at radius 3 is 2.91 bits per heavy atom. The number of aryl methyl sites for hydroxylation is 2. The molecule has 22 heavy (non-hydrogen) atoms. The van der Waals surface area contributed by atoms with Crippen LogP contribution in [0.15, 0.2) is 24.5 Å². The van der Waals surface area contributed by atoms with Gasteiger partial charge in [0.2, 0.25) is 0 Å². The summed E-state index contributed by atoms with van der Waals surface area (Å²) in [5.41, 5.74) is 2.29. The molecule has 0 fully saturated rings. The molecule has 114 valence electrons. The van der Waals surface area contributed by atoms with Crippen LogP contribution in [0.2, 0.25) is 0 Å². The molecule has 1 unspecified atom stereocenters. The average molecular weight is 298 g/mol. The Kier molecular flexibility index (Phi) is 3.75. The summed E-state index contributed by atoms with van der Waals surface area (Å²) in [5, 5.41) is 10.7. The van der Waals surface area contributed by atoms with E-state index >= 15 is 0 Å². The summed E-state index contributed by atoms with van der Waals surface area (Å²) in [4.78, 5) is 24.2. The normalized spacial score (nSPS) is 15.3. The van der Waals surface area contributed by atoms with Gasteiger partial charge in [-0.25, -0.2) is 0 Å². The van der Waals surface area contributed by atoms with Gasteiger partial charge in [-0.15, -0.1) is 10.2 Å². The fourth-order valence-corrected chi connectivity index (χ4v) is 2.82. The highest BCUT2D eigenvalue weighted by Crippen LogP contribution is 2.22. The SMILES string of the molecule is CC(NC(=O)c1ccc2c(c1)CCCC2=O)c1nncn1C. The van der Waals surface area contributed by atoms with Gasteiger partial charge >= 0.3 is 0 Å². The molecule has 0 saturated carbocycles. The lowest BCUT2D eigenvalue weighted by molar-refractivity contribution is 0.0933. The minimum atomic E-state index is -0.238. The number of nitrogens with one attached hydrogen (secondary N) is 1. The van der Waals surface area contributed by atoms with Crippen LogP contribution in [0.25, 0.3) is 0 Å². The van der Waals surface area contributed by atoms with Gasteiger partial charge in [-0.3, -0.25) is 9.59 Å². The minimum absolute atomic E-state index is 0.167. The standard InChI is InChI=1S/C16H18N4O2/c1-10(15-19-17-9-20(15)2)18-16(22)12-6-7-13-11(8-12)4-3-5-14(13)21/h6-10H,3-5H2,1-2H3,(H,18,22). The lowest BCUT2D eigenvalue weighted by atomic mass is 9.89. The second kappa shape index (κ2) is 5.71. The van der Waals surface area contributed by atoms with Crippen LogP contribution in [0.1, 0.15) is 57.9 Å². The Balaban J connectivity index is 1.78. The van der Waals surface area contributed by atoms with Gasteiger partial charge in [-0.2, -0.15) is 0 Å². The van der Waals surface area contributed by atoms with Crippen molar-refractivity contribution in [2.45, 2.75) is 32.2 Å². The van der Waals surface area contributed by atoms with Crippen LogP contribution >= 0.6 is 0 Å². The summed E-state index contributed by atoms with van der Waals surface area (Å²) >= 11 is 0. The Morgan fingerprint density at radius 1 is 1.36 bits per heavy atom. The molecular weight excluding hydrogens is 280 g/mol. The van der Waals surface area contributed by atoms with Crippen molar-refractivity contribution >= 4 is 11.7 Å². The van der Waals surface area contributed by atoms with Crippen molar-refractivity contribution in [2.24, 2.45) is 7.05 Å². The second-order valence-corrected chi connectivity index (χ2v) is 5.64. The predicted octanol–water partition coefficient (Wildman–Crippen LogP) is 1.83. The molecule has 2 aromatic rings. The lowest BCUT2D eigenvalue weighted by Gasteiger charge is -2.17. The summed E-state index contributed by atoms with van der Waals surface area (Å²) < 4.78 is 1.77. The van der Waals surface area contributed by atoms with E-state index in [0.29, 0.717) is 17.8 Å². The zero-order valence-electron chi connectivity index (χ0n) is 12.7. The molecule has 1 atom stereocenters. The van der Waals surface area contributed by atoms with Gasteiger partial charge in [0.15, 0.2) is 11.6 Å². The van der Waals surface area contributed by atoms with E-state index in [1.54, 1.807) is 23.0 Å². The van der Waals surface area contributed by atoms with Gasteiger partial charge < -0.3 is 9.88 Å². The molecule has 6 nitrogen and oxygen atoms in total. The molecule has 1 heterocycles. The third-order valence-electron chi connectivity index (χ3n) is 4.00. The van der Waals surface area contributed by atoms with E-state index in [0.717, 1.165) is 24.0 Å². The molecule has 0 aliphatic heterocycles. The van der Waals surface area contributed by atoms with Gasteiger partial charge in [0.25, 0.3) is 5.91 Å². The highest BCUT2D eigenvalue weighted by Gasteiger charge is 2.20. The fraction of sp³-hybridized carbons (Fsp3) is 0.375. The molecule has 1 aromatic heterocycles. The van der Waals surface area contributed by atoms with Crippen LogP contribution in [0.5, 0.6) is 0 Å². The molecule has 0 bridgehead atoms. The number of ketones is 1. The van der Waals surface area contributed by atoms with Crippen molar-refractivity contribution in [1.82, 2.24) is 20.1 Å².